The third-order valence-corrected chi connectivity index (χ3v) is 3.95. The van der Waals surface area contributed by atoms with Gasteiger partial charge in [-0.25, -0.2) is 0 Å². The Labute approximate surface area is 128 Å². The molecule has 0 saturated carbocycles. The summed E-state index contributed by atoms with van der Waals surface area (Å²) >= 11 is 0. The highest BCUT2D eigenvalue weighted by atomic mass is 16.5. The second-order valence-corrected chi connectivity index (χ2v) is 5.53. The molecule has 0 aliphatic carbocycles. The lowest BCUT2D eigenvalue weighted by molar-refractivity contribution is -0.908. The van der Waals surface area contributed by atoms with Crippen molar-refractivity contribution in [3.63, 3.8) is 0 Å². The van der Waals surface area contributed by atoms with Crippen LogP contribution in [0.25, 0.3) is 0 Å². The molecular weight excluding hydrogens is 266 g/mol. The first kappa shape index (κ1) is 16.1. The maximum atomic E-state index is 5.78. The van der Waals surface area contributed by atoms with Crippen LogP contribution in [0.5, 0.6) is 11.5 Å². The molecule has 1 saturated heterocycles. The molecule has 1 N–H and O–H groups in total. The van der Waals surface area contributed by atoms with Gasteiger partial charge >= 0.3 is 0 Å². The Morgan fingerprint density at radius 1 is 1.00 bits per heavy atom. The topological polar surface area (TPSA) is 32.1 Å². The van der Waals surface area contributed by atoms with Gasteiger partial charge in [-0.3, -0.25) is 0 Å². The standard InChI is InChI=1S/C17H27NO3/c1-19-16-8-4-5-9-17(16)21-13-7-3-2-6-10-18-11-14-20-15-12-18/h4-5,8-9H,2-3,6-7,10-15H2,1H3/p+1. The summed E-state index contributed by atoms with van der Waals surface area (Å²) in [6, 6.07) is 7.82. The van der Waals surface area contributed by atoms with Gasteiger partial charge in [-0.15, -0.1) is 0 Å². The number of para-hydroxylation sites is 2. The number of morpholine rings is 1. The van der Waals surface area contributed by atoms with Crippen LogP contribution in [0.4, 0.5) is 0 Å². The number of hydrogen-bond acceptors (Lipinski definition) is 3. The third-order valence-electron chi connectivity index (χ3n) is 3.95. The fraction of sp³-hybridized carbons (Fsp3) is 0.647. The van der Waals surface area contributed by atoms with Crippen molar-refractivity contribution < 1.29 is 19.1 Å². The molecule has 1 aliphatic heterocycles. The summed E-state index contributed by atoms with van der Waals surface area (Å²) in [7, 11) is 1.68. The third kappa shape index (κ3) is 5.94. The normalized spacial score (nSPS) is 15.9. The van der Waals surface area contributed by atoms with Crippen LogP contribution in [0, 0.1) is 0 Å². The Hall–Kier alpha value is -1.26. The highest BCUT2D eigenvalue weighted by molar-refractivity contribution is 5.39. The molecule has 1 aliphatic rings. The van der Waals surface area contributed by atoms with E-state index in [-0.39, 0.29) is 0 Å². The molecule has 21 heavy (non-hydrogen) atoms. The van der Waals surface area contributed by atoms with Gasteiger partial charge in [0.1, 0.15) is 13.1 Å². The first-order valence-corrected chi connectivity index (χ1v) is 8.07. The van der Waals surface area contributed by atoms with Crippen molar-refractivity contribution in [1.82, 2.24) is 0 Å². The summed E-state index contributed by atoms with van der Waals surface area (Å²) in [5, 5.41) is 0. The van der Waals surface area contributed by atoms with Gasteiger partial charge in [-0.05, 0) is 37.8 Å². The van der Waals surface area contributed by atoms with Crippen LogP contribution in [-0.4, -0.2) is 46.6 Å². The molecule has 0 aromatic heterocycles. The largest absolute Gasteiger partial charge is 0.493 e. The first-order valence-electron chi connectivity index (χ1n) is 8.07. The lowest BCUT2D eigenvalue weighted by Gasteiger charge is -2.23. The highest BCUT2D eigenvalue weighted by Crippen LogP contribution is 2.25. The van der Waals surface area contributed by atoms with Gasteiger partial charge in [0, 0.05) is 0 Å². The predicted molar refractivity (Wildman–Crippen MR) is 83.3 cm³/mol. The minimum Gasteiger partial charge on any atom is -0.493 e. The maximum Gasteiger partial charge on any atom is 0.161 e. The zero-order valence-electron chi connectivity index (χ0n) is 13.1. The zero-order chi connectivity index (χ0) is 14.8. The molecule has 0 radical (unpaired) electrons. The van der Waals surface area contributed by atoms with Gasteiger partial charge in [-0.1, -0.05) is 12.1 Å². The monoisotopic (exact) mass is 294 g/mol. The molecule has 1 aromatic rings. The van der Waals surface area contributed by atoms with Crippen molar-refractivity contribution in [3.05, 3.63) is 24.3 Å². The van der Waals surface area contributed by atoms with Crippen molar-refractivity contribution in [2.24, 2.45) is 0 Å². The van der Waals surface area contributed by atoms with E-state index >= 15 is 0 Å². The van der Waals surface area contributed by atoms with Crippen LogP contribution in [0.3, 0.4) is 0 Å². The van der Waals surface area contributed by atoms with Gasteiger partial charge in [0.15, 0.2) is 11.5 Å². The van der Waals surface area contributed by atoms with Crippen molar-refractivity contribution in [2.45, 2.75) is 25.7 Å². The number of methoxy groups -OCH3 is 1. The highest BCUT2D eigenvalue weighted by Gasteiger charge is 2.12. The van der Waals surface area contributed by atoms with E-state index in [9.17, 15) is 0 Å². The van der Waals surface area contributed by atoms with Gasteiger partial charge < -0.3 is 19.1 Å². The number of quaternary nitrogens is 1. The van der Waals surface area contributed by atoms with Gasteiger partial charge in [0.2, 0.25) is 0 Å². The van der Waals surface area contributed by atoms with Crippen LogP contribution in [0.2, 0.25) is 0 Å². The van der Waals surface area contributed by atoms with E-state index in [1.165, 1.54) is 38.9 Å². The molecule has 1 aromatic carbocycles. The van der Waals surface area contributed by atoms with Gasteiger partial charge in [-0.2, -0.15) is 0 Å². The lowest BCUT2D eigenvalue weighted by Crippen LogP contribution is -3.14. The van der Waals surface area contributed by atoms with E-state index in [0.29, 0.717) is 0 Å². The fourth-order valence-electron chi connectivity index (χ4n) is 2.66. The molecule has 1 heterocycles. The van der Waals surface area contributed by atoms with Crippen molar-refractivity contribution in [1.29, 1.82) is 0 Å². The molecule has 2 rings (SSSR count). The molecule has 1 fully saturated rings. The minimum atomic E-state index is 0.769. The van der Waals surface area contributed by atoms with Crippen LogP contribution >= 0.6 is 0 Å². The van der Waals surface area contributed by atoms with E-state index in [2.05, 4.69) is 0 Å². The SMILES string of the molecule is COc1ccccc1OCCCCCC[NH+]1CCOCC1. The Bertz CT molecular complexity index is 391. The smallest absolute Gasteiger partial charge is 0.161 e. The number of unbranched alkanes of at least 4 members (excludes halogenated alkanes) is 3. The first-order chi connectivity index (χ1) is 10.4. The van der Waals surface area contributed by atoms with E-state index in [1.807, 2.05) is 24.3 Å². The quantitative estimate of drug-likeness (QED) is 0.701. The summed E-state index contributed by atoms with van der Waals surface area (Å²) in [5.74, 6) is 1.66. The summed E-state index contributed by atoms with van der Waals surface area (Å²) in [6.45, 7) is 6.28. The van der Waals surface area contributed by atoms with E-state index in [4.69, 9.17) is 14.2 Å². The molecule has 0 amide bonds. The van der Waals surface area contributed by atoms with E-state index in [0.717, 1.165) is 37.7 Å². The van der Waals surface area contributed by atoms with E-state index < -0.39 is 0 Å². The molecule has 0 spiro atoms. The molecule has 0 bridgehead atoms. The zero-order valence-corrected chi connectivity index (χ0v) is 13.1. The average Bonchev–Trinajstić information content (AvgIpc) is 2.55. The van der Waals surface area contributed by atoms with Crippen molar-refractivity contribution in [2.75, 3.05) is 46.6 Å². The molecule has 118 valence electrons. The Kier molecular flexibility index (Phi) is 7.39. The Morgan fingerprint density at radius 2 is 1.71 bits per heavy atom. The minimum absolute atomic E-state index is 0.769. The van der Waals surface area contributed by atoms with Crippen LogP contribution in [0.15, 0.2) is 24.3 Å². The lowest BCUT2D eigenvalue weighted by atomic mass is 10.2. The molecule has 4 nitrogen and oxygen atoms in total. The molecule has 0 atom stereocenters. The molecular formula is C17H28NO3+. The summed E-state index contributed by atoms with van der Waals surface area (Å²) < 4.78 is 16.4. The number of benzene rings is 1. The summed E-state index contributed by atoms with van der Waals surface area (Å²) in [4.78, 5) is 1.70. The second-order valence-electron chi connectivity index (χ2n) is 5.53. The molecule has 4 heteroatoms. The predicted octanol–water partition coefficient (Wildman–Crippen LogP) is 1.55. The average molecular weight is 294 g/mol. The van der Waals surface area contributed by atoms with Crippen molar-refractivity contribution >= 4 is 0 Å². The van der Waals surface area contributed by atoms with Crippen molar-refractivity contribution in [3.8, 4) is 11.5 Å². The Balaban J connectivity index is 1.50. The number of ether oxygens (including phenoxy) is 3. The summed E-state index contributed by atoms with van der Waals surface area (Å²) in [5.41, 5.74) is 0. The van der Waals surface area contributed by atoms with Crippen LogP contribution in [0.1, 0.15) is 25.7 Å². The van der Waals surface area contributed by atoms with Crippen LogP contribution in [-0.2, 0) is 4.74 Å². The van der Waals surface area contributed by atoms with Gasteiger partial charge in [0.05, 0.1) is 33.5 Å². The second kappa shape index (κ2) is 9.64. The van der Waals surface area contributed by atoms with Crippen LogP contribution < -0.4 is 14.4 Å². The summed E-state index contributed by atoms with van der Waals surface area (Å²) in [6.07, 6.45) is 4.94. The number of nitrogens with one attached hydrogen (secondary N) is 1. The van der Waals surface area contributed by atoms with E-state index in [1.54, 1.807) is 12.0 Å². The van der Waals surface area contributed by atoms with Gasteiger partial charge in [0.25, 0.3) is 0 Å². The maximum absolute atomic E-state index is 5.78. The number of rotatable bonds is 9. The number of hydrogen-bond donors (Lipinski definition) is 1. The Morgan fingerprint density at radius 3 is 2.48 bits per heavy atom. The molecule has 0 unspecified atom stereocenters. The fourth-order valence-corrected chi connectivity index (χ4v) is 2.66.